The highest BCUT2D eigenvalue weighted by molar-refractivity contribution is 6.01. The lowest BCUT2D eigenvalue weighted by atomic mass is 10.0. The van der Waals surface area contributed by atoms with Crippen molar-refractivity contribution in [1.82, 2.24) is 4.98 Å². The average molecular weight is 350 g/mol. The van der Waals surface area contributed by atoms with Gasteiger partial charge in [-0.1, -0.05) is 50.2 Å². The molecule has 0 aliphatic carbocycles. The Morgan fingerprint density at radius 3 is 2.50 bits per heavy atom. The molecule has 0 radical (unpaired) electrons. The Morgan fingerprint density at radius 2 is 1.85 bits per heavy atom. The number of aromatic nitrogens is 1. The molecule has 0 spiro atoms. The van der Waals surface area contributed by atoms with Gasteiger partial charge in [-0.05, 0) is 35.6 Å². The summed E-state index contributed by atoms with van der Waals surface area (Å²) < 4.78 is 14.0. The number of amides is 1. The van der Waals surface area contributed by atoms with Gasteiger partial charge in [-0.2, -0.15) is 0 Å². The lowest BCUT2D eigenvalue weighted by molar-refractivity contribution is -0.116. The van der Waals surface area contributed by atoms with Crippen molar-refractivity contribution in [2.45, 2.75) is 33.1 Å². The van der Waals surface area contributed by atoms with Crippen molar-refractivity contribution in [3.8, 4) is 0 Å². The van der Waals surface area contributed by atoms with Gasteiger partial charge in [0.25, 0.3) is 0 Å². The van der Waals surface area contributed by atoms with Gasteiger partial charge in [0.2, 0.25) is 5.91 Å². The van der Waals surface area contributed by atoms with E-state index in [1.54, 1.807) is 29.3 Å². The number of hydrogen-bond donors (Lipinski definition) is 0. The van der Waals surface area contributed by atoms with Crippen molar-refractivity contribution in [2.75, 3.05) is 11.4 Å². The van der Waals surface area contributed by atoms with Crippen molar-refractivity contribution >= 4 is 22.5 Å². The smallest absolute Gasteiger partial charge is 0.223 e. The molecule has 1 heterocycles. The molecule has 134 valence electrons. The molecular formula is C22H23FN2O. The zero-order chi connectivity index (χ0) is 18.7. The van der Waals surface area contributed by atoms with Crippen molar-refractivity contribution in [3.05, 3.63) is 71.7 Å². The minimum Gasteiger partial charge on any atom is -0.312 e. The van der Waals surface area contributed by atoms with E-state index >= 15 is 0 Å². The minimum atomic E-state index is -0.378. The molecule has 0 fully saturated rings. The SMILES string of the molecule is CC(=O)N(CCc1ccc(C(C)C)cc1)c1ccnc2c(F)cccc12. The van der Waals surface area contributed by atoms with Crippen LogP contribution in [-0.2, 0) is 11.2 Å². The van der Waals surface area contributed by atoms with Crippen LogP contribution >= 0.6 is 0 Å². The molecule has 1 aromatic heterocycles. The van der Waals surface area contributed by atoms with Crippen LogP contribution in [0.5, 0.6) is 0 Å². The Morgan fingerprint density at radius 1 is 1.12 bits per heavy atom. The van der Waals surface area contributed by atoms with Crippen LogP contribution in [0.4, 0.5) is 10.1 Å². The molecular weight excluding hydrogens is 327 g/mol. The van der Waals surface area contributed by atoms with Crippen LogP contribution in [0.1, 0.15) is 37.8 Å². The van der Waals surface area contributed by atoms with Crippen LogP contribution in [0.2, 0.25) is 0 Å². The van der Waals surface area contributed by atoms with E-state index in [9.17, 15) is 9.18 Å². The molecule has 2 aromatic carbocycles. The molecule has 0 unspecified atom stereocenters. The Hall–Kier alpha value is -2.75. The number of halogens is 1. The van der Waals surface area contributed by atoms with E-state index in [-0.39, 0.29) is 17.2 Å². The molecule has 4 heteroatoms. The van der Waals surface area contributed by atoms with Crippen LogP contribution in [0.25, 0.3) is 10.9 Å². The lowest BCUT2D eigenvalue weighted by Crippen LogP contribution is -2.30. The summed E-state index contributed by atoms with van der Waals surface area (Å²) in [5, 5.41) is 0.651. The highest BCUT2D eigenvalue weighted by Gasteiger charge is 2.16. The first-order valence-electron chi connectivity index (χ1n) is 8.87. The Balaban J connectivity index is 1.86. The third-order valence-corrected chi connectivity index (χ3v) is 4.64. The predicted octanol–water partition coefficient (Wildman–Crippen LogP) is 5.09. The fourth-order valence-electron chi connectivity index (χ4n) is 3.12. The second-order valence-corrected chi connectivity index (χ2v) is 6.78. The van der Waals surface area contributed by atoms with Gasteiger partial charge in [0.05, 0.1) is 5.69 Å². The van der Waals surface area contributed by atoms with Gasteiger partial charge in [-0.25, -0.2) is 4.39 Å². The van der Waals surface area contributed by atoms with Crippen molar-refractivity contribution in [2.24, 2.45) is 0 Å². The average Bonchev–Trinajstić information content (AvgIpc) is 2.62. The summed E-state index contributed by atoms with van der Waals surface area (Å²) in [5.41, 5.74) is 3.45. The molecule has 0 bridgehead atoms. The Labute approximate surface area is 153 Å². The molecule has 26 heavy (non-hydrogen) atoms. The summed E-state index contributed by atoms with van der Waals surface area (Å²) in [5.74, 6) is 0.0496. The first-order valence-corrected chi connectivity index (χ1v) is 8.87. The third-order valence-electron chi connectivity index (χ3n) is 4.64. The summed E-state index contributed by atoms with van der Waals surface area (Å²) in [6.45, 7) is 6.40. The molecule has 3 rings (SSSR count). The van der Waals surface area contributed by atoms with Gasteiger partial charge in [0, 0.05) is 25.1 Å². The van der Waals surface area contributed by atoms with E-state index in [1.807, 2.05) is 0 Å². The zero-order valence-electron chi connectivity index (χ0n) is 15.4. The summed E-state index contributed by atoms with van der Waals surface area (Å²) in [6, 6.07) is 15.1. The molecule has 0 saturated carbocycles. The fourth-order valence-corrected chi connectivity index (χ4v) is 3.12. The van der Waals surface area contributed by atoms with Gasteiger partial charge in [0.15, 0.2) is 0 Å². The lowest BCUT2D eigenvalue weighted by Gasteiger charge is -2.23. The number of rotatable bonds is 5. The maximum Gasteiger partial charge on any atom is 0.223 e. The number of anilines is 1. The highest BCUT2D eigenvalue weighted by atomic mass is 19.1. The number of carbonyl (C=O) groups is 1. The van der Waals surface area contributed by atoms with Crippen molar-refractivity contribution in [3.63, 3.8) is 0 Å². The fraction of sp³-hybridized carbons (Fsp3) is 0.273. The quantitative estimate of drug-likeness (QED) is 0.642. The Kier molecular flexibility index (Phi) is 5.31. The van der Waals surface area contributed by atoms with E-state index < -0.39 is 0 Å². The van der Waals surface area contributed by atoms with E-state index in [0.29, 0.717) is 23.5 Å². The number of pyridine rings is 1. The van der Waals surface area contributed by atoms with Crippen LogP contribution in [-0.4, -0.2) is 17.4 Å². The minimum absolute atomic E-state index is 0.0689. The van der Waals surface area contributed by atoms with Gasteiger partial charge in [-0.15, -0.1) is 0 Å². The number of para-hydroxylation sites is 1. The Bertz CT molecular complexity index is 919. The van der Waals surface area contributed by atoms with E-state index in [4.69, 9.17) is 0 Å². The number of carbonyl (C=O) groups excluding carboxylic acids is 1. The highest BCUT2D eigenvalue weighted by Crippen LogP contribution is 2.27. The summed E-state index contributed by atoms with van der Waals surface area (Å²) in [7, 11) is 0. The van der Waals surface area contributed by atoms with Crippen LogP contribution in [0.15, 0.2) is 54.7 Å². The topological polar surface area (TPSA) is 33.2 Å². The maximum atomic E-state index is 14.0. The van der Waals surface area contributed by atoms with E-state index in [1.165, 1.54) is 24.1 Å². The van der Waals surface area contributed by atoms with Gasteiger partial charge >= 0.3 is 0 Å². The normalized spacial score (nSPS) is 11.1. The molecule has 3 nitrogen and oxygen atoms in total. The number of hydrogen-bond acceptors (Lipinski definition) is 2. The van der Waals surface area contributed by atoms with E-state index in [0.717, 1.165) is 6.42 Å². The van der Waals surface area contributed by atoms with Gasteiger partial charge < -0.3 is 4.90 Å². The second kappa shape index (κ2) is 7.65. The van der Waals surface area contributed by atoms with Crippen molar-refractivity contribution in [1.29, 1.82) is 0 Å². The van der Waals surface area contributed by atoms with Crippen LogP contribution < -0.4 is 4.90 Å². The molecule has 0 atom stereocenters. The molecule has 3 aromatic rings. The van der Waals surface area contributed by atoms with Crippen LogP contribution in [0, 0.1) is 5.82 Å². The second-order valence-electron chi connectivity index (χ2n) is 6.78. The number of fused-ring (bicyclic) bond motifs is 1. The molecule has 0 saturated heterocycles. The summed E-state index contributed by atoms with van der Waals surface area (Å²) >= 11 is 0. The zero-order valence-corrected chi connectivity index (χ0v) is 15.4. The monoisotopic (exact) mass is 350 g/mol. The largest absolute Gasteiger partial charge is 0.312 e. The van der Waals surface area contributed by atoms with Gasteiger partial charge in [-0.3, -0.25) is 9.78 Å². The molecule has 1 amide bonds. The first-order chi connectivity index (χ1) is 12.5. The predicted molar refractivity (Wildman–Crippen MR) is 104 cm³/mol. The molecule has 0 aliphatic rings. The molecule has 0 N–H and O–H groups in total. The van der Waals surface area contributed by atoms with Crippen molar-refractivity contribution < 1.29 is 9.18 Å². The summed E-state index contributed by atoms with van der Waals surface area (Å²) in [6.07, 6.45) is 2.28. The van der Waals surface area contributed by atoms with Crippen LogP contribution in [0.3, 0.4) is 0 Å². The first kappa shape index (κ1) is 18.1. The maximum absolute atomic E-state index is 14.0. The third kappa shape index (κ3) is 3.74. The van der Waals surface area contributed by atoms with E-state index in [2.05, 4.69) is 43.1 Å². The van der Waals surface area contributed by atoms with Gasteiger partial charge in [0.1, 0.15) is 11.3 Å². The standard InChI is InChI=1S/C22H23FN2O/c1-15(2)18-9-7-17(8-10-18)12-14-25(16(3)26)21-11-13-24-22-19(21)5-4-6-20(22)23/h4-11,13,15H,12,14H2,1-3H3. The summed E-state index contributed by atoms with van der Waals surface area (Å²) in [4.78, 5) is 18.1. The number of benzene rings is 2. The molecule has 0 aliphatic heterocycles. The number of nitrogens with zero attached hydrogens (tertiary/aromatic N) is 2.